The molecule has 3 heterocycles. The van der Waals surface area contributed by atoms with Crippen LogP contribution in [0, 0.1) is 0 Å². The molecule has 0 radical (unpaired) electrons. The number of aliphatic hydroxyl groups excluding tert-OH is 1. The molecule has 1 fully saturated rings. The number of imide groups is 1. The molecule has 0 bridgehead atoms. The Hall–Kier alpha value is -3.56. The van der Waals surface area contributed by atoms with Crippen molar-refractivity contribution < 1.29 is 24.5 Å². The molecular formula is C26H30N4O5. The number of amides is 3. The number of aromatic amines is 1. The molecule has 2 atom stereocenters. The predicted octanol–water partition coefficient (Wildman–Crippen LogP) is 2.52. The van der Waals surface area contributed by atoms with E-state index in [-0.39, 0.29) is 30.8 Å². The van der Waals surface area contributed by atoms with E-state index in [0.717, 1.165) is 27.7 Å². The Kier molecular flexibility index (Phi) is 5.90. The van der Waals surface area contributed by atoms with Gasteiger partial charge in [-0.1, -0.05) is 12.1 Å². The number of hydrogen-bond donors (Lipinski definition) is 4. The first kappa shape index (κ1) is 23.2. The lowest BCUT2D eigenvalue weighted by Gasteiger charge is -2.42. The molecule has 5 rings (SSSR count). The monoisotopic (exact) mass is 478 g/mol. The number of phenolic OH excluding ortho intramolecular Hbond substituents is 1. The number of nitrogens with one attached hydrogen (secondary N) is 2. The third-order valence-corrected chi connectivity index (χ3v) is 7.08. The largest absolute Gasteiger partial charge is 0.508 e. The average Bonchev–Trinajstić information content (AvgIpc) is 3.29. The first-order valence-electron chi connectivity index (χ1n) is 11.8. The number of urea groups is 1. The molecule has 2 aliphatic rings. The number of nitrogens with zero attached hydrogens (tertiary/aromatic N) is 2. The van der Waals surface area contributed by atoms with Crippen LogP contribution in [-0.4, -0.2) is 75.8 Å². The second-order valence-electron chi connectivity index (χ2n) is 9.31. The minimum absolute atomic E-state index is 0.0372. The van der Waals surface area contributed by atoms with E-state index in [1.54, 1.807) is 30.2 Å². The van der Waals surface area contributed by atoms with E-state index in [1.807, 2.05) is 31.2 Å². The number of carbonyl (C=O) groups is 2. The number of carbonyl (C=O) groups excluding carboxylic acids is 2. The van der Waals surface area contributed by atoms with Crippen molar-refractivity contribution in [3.8, 4) is 11.5 Å². The summed E-state index contributed by atoms with van der Waals surface area (Å²) in [6.45, 7) is 3.21. The van der Waals surface area contributed by atoms with E-state index in [1.165, 1.54) is 4.90 Å². The van der Waals surface area contributed by atoms with Crippen molar-refractivity contribution in [2.75, 3.05) is 33.4 Å². The van der Waals surface area contributed by atoms with Crippen LogP contribution in [0.15, 0.2) is 42.5 Å². The fraction of sp³-hybridized carbons (Fsp3) is 0.385. The van der Waals surface area contributed by atoms with Gasteiger partial charge in [0.15, 0.2) is 0 Å². The van der Waals surface area contributed by atoms with Gasteiger partial charge in [-0.25, -0.2) is 4.79 Å². The van der Waals surface area contributed by atoms with Crippen LogP contribution in [0.2, 0.25) is 0 Å². The van der Waals surface area contributed by atoms with E-state index in [2.05, 4.69) is 10.3 Å². The molecule has 2 aromatic carbocycles. The van der Waals surface area contributed by atoms with Crippen LogP contribution in [0.25, 0.3) is 10.9 Å². The lowest BCUT2D eigenvalue weighted by atomic mass is 9.81. The molecule has 1 aromatic heterocycles. The lowest BCUT2D eigenvalue weighted by Crippen LogP contribution is -2.53. The Labute approximate surface area is 203 Å². The fourth-order valence-corrected chi connectivity index (χ4v) is 5.42. The Morgan fingerprint density at radius 2 is 2.03 bits per heavy atom. The first-order valence-corrected chi connectivity index (χ1v) is 11.8. The smallest absolute Gasteiger partial charge is 0.328 e. The van der Waals surface area contributed by atoms with Crippen LogP contribution in [0.3, 0.4) is 0 Å². The normalized spacial score (nSPS) is 21.5. The van der Waals surface area contributed by atoms with Crippen LogP contribution in [0.4, 0.5) is 4.79 Å². The minimum Gasteiger partial charge on any atom is -0.508 e. The van der Waals surface area contributed by atoms with Crippen molar-refractivity contribution in [3.63, 3.8) is 0 Å². The highest BCUT2D eigenvalue weighted by molar-refractivity contribution is 6.08. The molecular weight excluding hydrogens is 448 g/mol. The number of aliphatic hydroxyl groups is 1. The Morgan fingerprint density at radius 3 is 2.77 bits per heavy atom. The van der Waals surface area contributed by atoms with E-state index in [9.17, 15) is 14.7 Å². The van der Waals surface area contributed by atoms with Crippen LogP contribution in [-0.2, 0) is 11.2 Å². The maximum absolute atomic E-state index is 13.7. The van der Waals surface area contributed by atoms with Crippen molar-refractivity contribution in [1.29, 1.82) is 0 Å². The first-order chi connectivity index (χ1) is 16.9. The summed E-state index contributed by atoms with van der Waals surface area (Å²) in [6, 6.07) is 11.7. The van der Waals surface area contributed by atoms with Crippen LogP contribution < -0.4 is 10.1 Å². The third kappa shape index (κ3) is 3.71. The summed E-state index contributed by atoms with van der Waals surface area (Å²) in [6.07, 6.45) is 0.957. The zero-order valence-corrected chi connectivity index (χ0v) is 19.9. The SMILES string of the molecule is COc1ccc2[nH]c3c(c2c1)C[C@@]1(C)C(=O)N(CCCNCCO)C(=O)N1C3c1cccc(O)c1. The summed E-state index contributed by atoms with van der Waals surface area (Å²) < 4.78 is 5.44. The number of ether oxygens (including phenoxy) is 1. The van der Waals surface area contributed by atoms with Crippen LogP contribution in [0.1, 0.15) is 36.2 Å². The summed E-state index contributed by atoms with van der Waals surface area (Å²) in [5.41, 5.74) is 2.36. The molecule has 0 saturated carbocycles. The zero-order valence-electron chi connectivity index (χ0n) is 19.9. The molecule has 9 heteroatoms. The zero-order chi connectivity index (χ0) is 24.7. The number of methoxy groups -OCH3 is 1. The Bertz CT molecular complexity index is 1290. The van der Waals surface area contributed by atoms with Crippen molar-refractivity contribution in [3.05, 3.63) is 59.3 Å². The third-order valence-electron chi connectivity index (χ3n) is 7.08. The lowest BCUT2D eigenvalue weighted by molar-refractivity contribution is -0.133. The highest BCUT2D eigenvalue weighted by atomic mass is 16.5. The number of benzene rings is 2. The Morgan fingerprint density at radius 1 is 1.20 bits per heavy atom. The van der Waals surface area contributed by atoms with Gasteiger partial charge in [0.25, 0.3) is 5.91 Å². The van der Waals surface area contributed by atoms with E-state index >= 15 is 0 Å². The molecule has 3 amide bonds. The van der Waals surface area contributed by atoms with Gasteiger partial charge < -0.3 is 25.3 Å². The number of rotatable bonds is 8. The maximum atomic E-state index is 13.7. The van der Waals surface area contributed by atoms with E-state index < -0.39 is 11.6 Å². The number of fused-ring (bicyclic) bond motifs is 4. The van der Waals surface area contributed by atoms with Crippen molar-refractivity contribution in [2.24, 2.45) is 0 Å². The van der Waals surface area contributed by atoms with Gasteiger partial charge in [0, 0.05) is 36.1 Å². The Balaban J connectivity index is 1.60. The molecule has 35 heavy (non-hydrogen) atoms. The van der Waals surface area contributed by atoms with Gasteiger partial charge in [-0.3, -0.25) is 14.6 Å². The molecule has 1 saturated heterocycles. The minimum atomic E-state index is -1.07. The molecule has 2 aliphatic heterocycles. The topological polar surface area (TPSA) is 118 Å². The highest BCUT2D eigenvalue weighted by Crippen LogP contribution is 2.49. The molecule has 4 N–H and O–H groups in total. The molecule has 0 aliphatic carbocycles. The number of hydrogen-bond acceptors (Lipinski definition) is 6. The van der Waals surface area contributed by atoms with Gasteiger partial charge in [0.2, 0.25) is 0 Å². The summed E-state index contributed by atoms with van der Waals surface area (Å²) >= 11 is 0. The molecule has 0 spiro atoms. The second-order valence-corrected chi connectivity index (χ2v) is 9.31. The van der Waals surface area contributed by atoms with Gasteiger partial charge >= 0.3 is 6.03 Å². The van der Waals surface area contributed by atoms with Crippen molar-refractivity contribution in [2.45, 2.75) is 31.3 Å². The van der Waals surface area contributed by atoms with E-state index in [0.29, 0.717) is 31.7 Å². The summed E-state index contributed by atoms with van der Waals surface area (Å²) in [5, 5.41) is 23.2. The van der Waals surface area contributed by atoms with E-state index in [4.69, 9.17) is 9.84 Å². The van der Waals surface area contributed by atoms with Crippen molar-refractivity contribution >= 4 is 22.8 Å². The maximum Gasteiger partial charge on any atom is 0.328 e. The van der Waals surface area contributed by atoms with Crippen LogP contribution in [0.5, 0.6) is 11.5 Å². The number of aromatic hydroxyl groups is 1. The number of H-pyrrole nitrogens is 1. The van der Waals surface area contributed by atoms with Gasteiger partial charge in [0.1, 0.15) is 23.1 Å². The molecule has 3 aromatic rings. The summed E-state index contributed by atoms with van der Waals surface area (Å²) in [7, 11) is 1.62. The van der Waals surface area contributed by atoms with Crippen molar-refractivity contribution in [1.82, 2.24) is 20.1 Å². The fourth-order valence-electron chi connectivity index (χ4n) is 5.42. The van der Waals surface area contributed by atoms with Gasteiger partial charge in [-0.15, -0.1) is 0 Å². The quantitative estimate of drug-likeness (QED) is 0.292. The molecule has 9 nitrogen and oxygen atoms in total. The molecule has 184 valence electrons. The van der Waals surface area contributed by atoms with Gasteiger partial charge in [-0.05, 0) is 61.3 Å². The van der Waals surface area contributed by atoms with Crippen LogP contribution >= 0.6 is 0 Å². The predicted molar refractivity (Wildman–Crippen MR) is 130 cm³/mol. The van der Waals surface area contributed by atoms with Gasteiger partial charge in [-0.2, -0.15) is 0 Å². The second kappa shape index (κ2) is 8.90. The van der Waals surface area contributed by atoms with Gasteiger partial charge in [0.05, 0.1) is 13.7 Å². The number of aromatic nitrogens is 1. The highest BCUT2D eigenvalue weighted by Gasteiger charge is 2.60. The average molecular weight is 479 g/mol. The summed E-state index contributed by atoms with van der Waals surface area (Å²) in [4.78, 5) is 34.0. The number of phenols is 1. The molecule has 1 unspecified atom stereocenters. The summed E-state index contributed by atoms with van der Waals surface area (Å²) in [5.74, 6) is 0.586. The standard InChI is InChI=1S/C26H30N4O5/c1-26-15-20-19-14-18(35-2)7-8-21(19)28-22(20)23(16-5-3-6-17(32)13-16)30(26)25(34)29(24(26)33)11-4-9-27-10-12-31/h3,5-8,13-14,23,27-28,31-32H,4,9-12,15H2,1-2H3/t23?,26-/m0/s1.